The van der Waals surface area contributed by atoms with Crippen LogP contribution in [0.4, 0.5) is 24.8 Å². The number of hydrogen-bond acceptors (Lipinski definition) is 7. The molecule has 9 nitrogen and oxygen atoms in total. The fourth-order valence-corrected chi connectivity index (χ4v) is 3.97. The van der Waals surface area contributed by atoms with Crippen LogP contribution in [0.2, 0.25) is 0 Å². The lowest BCUT2D eigenvalue weighted by Gasteiger charge is -2.23. The van der Waals surface area contributed by atoms with E-state index in [0.717, 1.165) is 44.3 Å². The van der Waals surface area contributed by atoms with Crippen LogP contribution < -0.4 is 20.7 Å². The predicted octanol–water partition coefficient (Wildman–Crippen LogP) is 4.58. The third-order valence-corrected chi connectivity index (χ3v) is 5.71. The summed E-state index contributed by atoms with van der Waals surface area (Å²) in [6.45, 7) is 1.81. The van der Waals surface area contributed by atoms with E-state index in [0.29, 0.717) is 28.4 Å². The molecule has 186 valence electrons. The van der Waals surface area contributed by atoms with Crippen LogP contribution in [-0.4, -0.2) is 45.2 Å². The van der Waals surface area contributed by atoms with Gasteiger partial charge in [-0.1, -0.05) is 6.07 Å². The number of amides is 1. The molecule has 1 amide bonds. The first-order valence-corrected chi connectivity index (χ1v) is 11.3. The van der Waals surface area contributed by atoms with Gasteiger partial charge in [-0.05, 0) is 49.7 Å². The van der Waals surface area contributed by atoms with Gasteiger partial charge in [0.25, 0.3) is 5.91 Å². The van der Waals surface area contributed by atoms with Crippen molar-refractivity contribution >= 4 is 28.6 Å². The molecule has 1 fully saturated rings. The molecular formula is C24H22F3N7O2. The molecule has 4 aromatic rings. The number of carbonyl (C=O) groups is 1. The van der Waals surface area contributed by atoms with Gasteiger partial charge in [0.2, 0.25) is 0 Å². The van der Waals surface area contributed by atoms with Gasteiger partial charge >= 0.3 is 6.18 Å². The van der Waals surface area contributed by atoms with Gasteiger partial charge in [-0.3, -0.25) is 9.89 Å². The van der Waals surface area contributed by atoms with Crippen LogP contribution in [0.3, 0.4) is 0 Å². The Balaban J connectivity index is 1.35. The number of H-pyrrole nitrogens is 1. The molecule has 1 saturated heterocycles. The molecule has 0 bridgehead atoms. The highest BCUT2D eigenvalue weighted by Crippen LogP contribution is 2.34. The standard InChI is InChI=1S/C24H22F3N7O2/c25-24(26,27)15-6-9-29-19(12-15)32-23(35)14-3-1-5-17(11-14)36-18-7-10-30-21-20(18)22(34-33-21)31-16-4-2-8-28-13-16/h1,3,5-7,9-12,16,28H,2,4,8,13H2,(H,29,32,35)(H2,30,31,33,34)/t16-/m1/s1. The zero-order chi connectivity index (χ0) is 25.1. The van der Waals surface area contributed by atoms with Crippen molar-refractivity contribution in [3.8, 4) is 11.5 Å². The molecule has 5 rings (SSSR count). The smallest absolute Gasteiger partial charge is 0.416 e. The lowest BCUT2D eigenvalue weighted by Crippen LogP contribution is -2.38. The van der Waals surface area contributed by atoms with E-state index in [1.807, 2.05) is 0 Å². The minimum Gasteiger partial charge on any atom is -0.456 e. The highest BCUT2D eigenvalue weighted by molar-refractivity contribution is 6.04. The molecule has 1 aliphatic rings. The number of halogens is 3. The van der Waals surface area contributed by atoms with Gasteiger partial charge in [-0.25, -0.2) is 9.97 Å². The zero-order valence-corrected chi connectivity index (χ0v) is 18.9. The van der Waals surface area contributed by atoms with Crippen LogP contribution in [0.15, 0.2) is 54.9 Å². The Kier molecular flexibility index (Phi) is 6.42. The molecule has 1 atom stereocenters. The fraction of sp³-hybridized carbons (Fsp3) is 0.250. The highest BCUT2D eigenvalue weighted by atomic mass is 19.4. The number of piperidine rings is 1. The van der Waals surface area contributed by atoms with Crippen molar-refractivity contribution in [3.63, 3.8) is 0 Å². The molecule has 4 N–H and O–H groups in total. The number of alkyl halides is 3. The van der Waals surface area contributed by atoms with E-state index in [1.54, 1.807) is 24.4 Å². The van der Waals surface area contributed by atoms with Crippen molar-refractivity contribution in [2.24, 2.45) is 0 Å². The molecule has 1 aliphatic heterocycles. The van der Waals surface area contributed by atoms with E-state index in [4.69, 9.17) is 4.74 Å². The minimum absolute atomic E-state index is 0.191. The van der Waals surface area contributed by atoms with Crippen LogP contribution >= 0.6 is 0 Å². The molecule has 12 heteroatoms. The number of nitrogens with zero attached hydrogens (tertiary/aromatic N) is 3. The molecule has 36 heavy (non-hydrogen) atoms. The number of aromatic nitrogens is 4. The summed E-state index contributed by atoms with van der Waals surface area (Å²) in [6.07, 6.45) is 0.104. The van der Waals surface area contributed by atoms with Crippen molar-refractivity contribution in [1.82, 2.24) is 25.5 Å². The second-order valence-corrected chi connectivity index (χ2v) is 8.30. The van der Waals surface area contributed by atoms with Gasteiger partial charge in [0.1, 0.15) is 22.7 Å². The topological polar surface area (TPSA) is 117 Å². The van der Waals surface area contributed by atoms with Crippen molar-refractivity contribution < 1.29 is 22.7 Å². The van der Waals surface area contributed by atoms with Gasteiger partial charge in [0, 0.05) is 36.6 Å². The minimum atomic E-state index is -4.54. The summed E-state index contributed by atoms with van der Waals surface area (Å²) in [4.78, 5) is 20.8. The molecule has 3 aromatic heterocycles. The first kappa shape index (κ1) is 23.5. The van der Waals surface area contributed by atoms with Crippen LogP contribution in [0.1, 0.15) is 28.8 Å². The van der Waals surface area contributed by atoms with E-state index < -0.39 is 17.6 Å². The third-order valence-electron chi connectivity index (χ3n) is 5.71. The number of benzene rings is 1. The Bertz CT molecular complexity index is 1380. The van der Waals surface area contributed by atoms with Gasteiger partial charge < -0.3 is 20.7 Å². The Morgan fingerprint density at radius 1 is 1.11 bits per heavy atom. The van der Waals surface area contributed by atoms with E-state index >= 15 is 0 Å². The van der Waals surface area contributed by atoms with Crippen LogP contribution in [-0.2, 0) is 6.18 Å². The summed E-state index contributed by atoms with van der Waals surface area (Å²) < 4.78 is 45.0. The Hall–Kier alpha value is -4.19. The van der Waals surface area contributed by atoms with Crippen LogP contribution in [0.5, 0.6) is 11.5 Å². The van der Waals surface area contributed by atoms with E-state index in [-0.39, 0.29) is 17.4 Å². The average Bonchev–Trinajstić information content (AvgIpc) is 3.28. The maximum Gasteiger partial charge on any atom is 0.416 e. The summed E-state index contributed by atoms with van der Waals surface area (Å²) >= 11 is 0. The summed E-state index contributed by atoms with van der Waals surface area (Å²) in [5, 5.41) is 17.1. The van der Waals surface area contributed by atoms with Crippen molar-refractivity contribution in [1.29, 1.82) is 0 Å². The maximum absolute atomic E-state index is 13.0. The second-order valence-electron chi connectivity index (χ2n) is 8.30. The lowest BCUT2D eigenvalue weighted by molar-refractivity contribution is -0.137. The molecule has 0 saturated carbocycles. The first-order chi connectivity index (χ1) is 17.4. The number of hydrogen-bond donors (Lipinski definition) is 4. The number of nitrogens with one attached hydrogen (secondary N) is 4. The zero-order valence-electron chi connectivity index (χ0n) is 18.9. The van der Waals surface area contributed by atoms with E-state index in [1.165, 1.54) is 12.1 Å². The molecule has 0 radical (unpaired) electrons. The van der Waals surface area contributed by atoms with Crippen molar-refractivity contribution in [2.45, 2.75) is 25.1 Å². The van der Waals surface area contributed by atoms with Crippen molar-refractivity contribution in [3.05, 3.63) is 66.0 Å². The van der Waals surface area contributed by atoms with E-state index in [2.05, 4.69) is 36.1 Å². The number of fused-ring (bicyclic) bond motifs is 1. The quantitative estimate of drug-likeness (QED) is 0.308. The van der Waals surface area contributed by atoms with Crippen LogP contribution in [0, 0.1) is 0 Å². The number of carbonyl (C=O) groups excluding carboxylic acids is 1. The molecular weight excluding hydrogens is 475 g/mol. The summed E-state index contributed by atoms with van der Waals surface area (Å²) in [7, 11) is 0. The number of ether oxygens (including phenoxy) is 1. The van der Waals surface area contributed by atoms with Gasteiger partial charge in [-0.2, -0.15) is 18.3 Å². The Morgan fingerprint density at radius 3 is 2.78 bits per heavy atom. The van der Waals surface area contributed by atoms with Crippen molar-refractivity contribution in [2.75, 3.05) is 23.7 Å². The van der Waals surface area contributed by atoms with Gasteiger partial charge in [-0.15, -0.1) is 0 Å². The third kappa shape index (κ3) is 5.23. The van der Waals surface area contributed by atoms with E-state index in [9.17, 15) is 18.0 Å². The maximum atomic E-state index is 13.0. The normalized spacial score (nSPS) is 16.0. The molecule has 0 unspecified atom stereocenters. The second kappa shape index (κ2) is 9.82. The number of aromatic amines is 1. The number of pyridine rings is 2. The summed E-state index contributed by atoms with van der Waals surface area (Å²) in [5.74, 6) is 0.632. The SMILES string of the molecule is O=C(Nc1cc(C(F)(F)F)ccn1)c1cccc(Oc2ccnc3[nH]nc(N[C@@H]4CCCNC4)c23)c1. The number of anilines is 2. The molecule has 0 spiro atoms. The first-order valence-electron chi connectivity index (χ1n) is 11.3. The predicted molar refractivity (Wildman–Crippen MR) is 127 cm³/mol. The largest absolute Gasteiger partial charge is 0.456 e. The fourth-order valence-electron chi connectivity index (χ4n) is 3.97. The molecule has 1 aromatic carbocycles. The molecule has 4 heterocycles. The monoisotopic (exact) mass is 497 g/mol. The highest BCUT2D eigenvalue weighted by Gasteiger charge is 2.31. The average molecular weight is 497 g/mol. The van der Waals surface area contributed by atoms with Crippen LogP contribution in [0.25, 0.3) is 11.0 Å². The summed E-state index contributed by atoms with van der Waals surface area (Å²) in [6, 6.07) is 9.84. The molecule has 0 aliphatic carbocycles. The summed E-state index contributed by atoms with van der Waals surface area (Å²) in [5.41, 5.74) is -0.167. The lowest BCUT2D eigenvalue weighted by atomic mass is 10.1. The van der Waals surface area contributed by atoms with Gasteiger partial charge in [0.05, 0.1) is 5.56 Å². The van der Waals surface area contributed by atoms with Gasteiger partial charge in [0.15, 0.2) is 11.5 Å². The Labute approximate surface area is 203 Å². The number of rotatable bonds is 6. The Morgan fingerprint density at radius 2 is 1.97 bits per heavy atom.